The number of benzene rings is 1. The number of hydrogen-bond acceptors (Lipinski definition) is 4. The van der Waals surface area contributed by atoms with Gasteiger partial charge in [-0.05, 0) is 65.0 Å². The Kier molecular flexibility index (Phi) is 4.58. The second kappa shape index (κ2) is 6.13. The van der Waals surface area contributed by atoms with Gasteiger partial charge in [0.2, 0.25) is 0 Å². The first kappa shape index (κ1) is 17.9. The number of β-amino-alcohol motifs (C(OH)–C–C–N with tert-alkyl or cyclic N) is 1. The minimum absolute atomic E-state index is 0.306. The van der Waals surface area contributed by atoms with Crippen molar-refractivity contribution in [2.75, 3.05) is 13.1 Å². The summed E-state index contributed by atoms with van der Waals surface area (Å²) in [7, 11) is -0.306. The molecule has 1 aromatic rings. The predicted molar refractivity (Wildman–Crippen MR) is 97.3 cm³/mol. The average Bonchev–Trinajstić information content (AvgIpc) is 2.67. The van der Waals surface area contributed by atoms with E-state index in [1.807, 2.05) is 6.92 Å². The van der Waals surface area contributed by atoms with Crippen LogP contribution in [0.3, 0.4) is 0 Å². The van der Waals surface area contributed by atoms with E-state index in [0.29, 0.717) is 0 Å². The summed E-state index contributed by atoms with van der Waals surface area (Å²) in [5, 5.41) is 10.2. The fourth-order valence-corrected chi connectivity index (χ4v) is 3.48. The Morgan fingerprint density at radius 2 is 1.62 bits per heavy atom. The van der Waals surface area contributed by atoms with Crippen molar-refractivity contribution in [3.05, 3.63) is 29.8 Å². The van der Waals surface area contributed by atoms with Crippen molar-refractivity contribution in [3.8, 4) is 0 Å². The molecule has 2 saturated heterocycles. The molecule has 1 unspecified atom stereocenters. The van der Waals surface area contributed by atoms with E-state index in [1.54, 1.807) is 0 Å². The second-order valence-electron chi connectivity index (χ2n) is 8.64. The van der Waals surface area contributed by atoms with Crippen LogP contribution in [0.25, 0.3) is 0 Å². The Morgan fingerprint density at radius 3 is 2.17 bits per heavy atom. The summed E-state index contributed by atoms with van der Waals surface area (Å²) in [5.74, 6) is 0. The fraction of sp³-hybridized carbons (Fsp3) is 0.684. The van der Waals surface area contributed by atoms with E-state index < -0.39 is 5.60 Å². The van der Waals surface area contributed by atoms with Crippen LogP contribution in [0.5, 0.6) is 0 Å². The molecule has 1 N–H and O–H groups in total. The number of nitrogens with zero attached hydrogens (tertiary/aromatic N) is 1. The van der Waals surface area contributed by atoms with Crippen LogP contribution >= 0.6 is 0 Å². The van der Waals surface area contributed by atoms with Gasteiger partial charge in [-0.25, -0.2) is 0 Å². The molecule has 0 bridgehead atoms. The zero-order valence-corrected chi connectivity index (χ0v) is 15.6. The first-order valence-corrected chi connectivity index (χ1v) is 8.97. The summed E-state index contributed by atoms with van der Waals surface area (Å²) in [6, 6.07) is 8.48. The lowest BCUT2D eigenvalue weighted by Gasteiger charge is -2.36. The fourth-order valence-electron chi connectivity index (χ4n) is 3.48. The molecule has 24 heavy (non-hydrogen) atoms. The summed E-state index contributed by atoms with van der Waals surface area (Å²) in [6.07, 6.45) is 1.95. The van der Waals surface area contributed by atoms with Gasteiger partial charge in [0.15, 0.2) is 0 Å². The lowest BCUT2D eigenvalue weighted by molar-refractivity contribution is -0.0181. The molecule has 2 heterocycles. The summed E-state index contributed by atoms with van der Waals surface area (Å²) in [5.41, 5.74) is 1.14. The van der Waals surface area contributed by atoms with Gasteiger partial charge in [0.05, 0.1) is 16.8 Å². The Labute approximate surface area is 146 Å². The monoisotopic (exact) mass is 331 g/mol. The smallest absolute Gasteiger partial charge is 0.399 e. The van der Waals surface area contributed by atoms with Crippen molar-refractivity contribution in [1.29, 1.82) is 0 Å². The lowest BCUT2D eigenvalue weighted by atomic mass is 9.79. The maximum absolute atomic E-state index is 10.2. The standard InChI is InChI=1S/C19H30BNO3/c1-17(2)18(3,4)24-20(23-17)16-9-7-15(8-10-16)13-21-12-6-11-19(5,22)14-21/h7-10,22H,6,11-14H2,1-5H3. The quantitative estimate of drug-likeness (QED) is 0.864. The molecular formula is C19H30BNO3. The summed E-state index contributed by atoms with van der Waals surface area (Å²) < 4.78 is 12.2. The molecule has 5 heteroatoms. The molecule has 0 spiro atoms. The zero-order chi connectivity index (χ0) is 17.6. The number of hydrogen-bond donors (Lipinski definition) is 1. The Balaban J connectivity index is 1.64. The van der Waals surface area contributed by atoms with Gasteiger partial charge in [0.25, 0.3) is 0 Å². The topological polar surface area (TPSA) is 41.9 Å². The van der Waals surface area contributed by atoms with Gasteiger partial charge in [-0.3, -0.25) is 4.90 Å². The van der Waals surface area contributed by atoms with Crippen molar-refractivity contribution < 1.29 is 14.4 Å². The number of rotatable bonds is 3. The van der Waals surface area contributed by atoms with Crippen molar-refractivity contribution in [2.24, 2.45) is 0 Å². The molecule has 1 atom stereocenters. The molecule has 0 saturated carbocycles. The van der Waals surface area contributed by atoms with Gasteiger partial charge in [0, 0.05) is 13.1 Å². The summed E-state index contributed by atoms with van der Waals surface area (Å²) in [6.45, 7) is 12.9. The van der Waals surface area contributed by atoms with Crippen LogP contribution in [0.1, 0.15) is 53.0 Å². The molecule has 2 aliphatic heterocycles. The van der Waals surface area contributed by atoms with Gasteiger partial charge in [-0.1, -0.05) is 24.3 Å². The maximum atomic E-state index is 10.2. The van der Waals surface area contributed by atoms with E-state index in [2.05, 4.69) is 56.9 Å². The average molecular weight is 331 g/mol. The van der Waals surface area contributed by atoms with Gasteiger partial charge >= 0.3 is 7.12 Å². The molecular weight excluding hydrogens is 301 g/mol. The first-order chi connectivity index (χ1) is 11.1. The van der Waals surface area contributed by atoms with E-state index in [1.165, 1.54) is 5.56 Å². The van der Waals surface area contributed by atoms with E-state index in [-0.39, 0.29) is 18.3 Å². The second-order valence-corrected chi connectivity index (χ2v) is 8.64. The third-order valence-electron chi connectivity index (χ3n) is 5.67. The van der Waals surface area contributed by atoms with Crippen molar-refractivity contribution >= 4 is 12.6 Å². The molecule has 1 aromatic carbocycles. The number of piperidine rings is 1. The Morgan fingerprint density at radius 1 is 1.04 bits per heavy atom. The third-order valence-corrected chi connectivity index (χ3v) is 5.67. The number of likely N-dealkylation sites (tertiary alicyclic amines) is 1. The predicted octanol–water partition coefficient (Wildman–Crippen LogP) is 2.33. The van der Waals surface area contributed by atoms with Crippen LogP contribution in [0.4, 0.5) is 0 Å². The molecule has 0 radical (unpaired) electrons. The van der Waals surface area contributed by atoms with Crippen molar-refractivity contribution in [2.45, 2.75) is 70.8 Å². The van der Waals surface area contributed by atoms with Crippen LogP contribution in [-0.4, -0.2) is 47.0 Å². The highest BCUT2D eigenvalue weighted by Gasteiger charge is 2.51. The highest BCUT2D eigenvalue weighted by molar-refractivity contribution is 6.62. The SMILES string of the molecule is CC1(O)CCCN(Cc2ccc(B3OC(C)(C)C(C)(C)O3)cc2)C1. The minimum Gasteiger partial charge on any atom is -0.399 e. The Bertz CT molecular complexity index is 567. The van der Waals surface area contributed by atoms with E-state index in [9.17, 15) is 5.11 Å². The van der Waals surface area contributed by atoms with E-state index >= 15 is 0 Å². The molecule has 2 fully saturated rings. The first-order valence-electron chi connectivity index (χ1n) is 8.97. The molecule has 2 aliphatic rings. The Hall–Kier alpha value is -0.875. The lowest BCUT2D eigenvalue weighted by Crippen LogP contribution is -2.45. The molecule has 4 nitrogen and oxygen atoms in total. The van der Waals surface area contributed by atoms with Gasteiger partial charge in [-0.2, -0.15) is 0 Å². The van der Waals surface area contributed by atoms with Crippen LogP contribution in [-0.2, 0) is 15.9 Å². The summed E-state index contributed by atoms with van der Waals surface area (Å²) in [4.78, 5) is 2.33. The van der Waals surface area contributed by atoms with E-state index in [4.69, 9.17) is 9.31 Å². The van der Waals surface area contributed by atoms with Crippen LogP contribution in [0.2, 0.25) is 0 Å². The normalized spacial score (nSPS) is 29.8. The molecule has 0 aromatic heterocycles. The van der Waals surface area contributed by atoms with Crippen molar-refractivity contribution in [3.63, 3.8) is 0 Å². The maximum Gasteiger partial charge on any atom is 0.494 e. The zero-order valence-electron chi connectivity index (χ0n) is 15.6. The van der Waals surface area contributed by atoms with E-state index in [0.717, 1.165) is 37.9 Å². The number of aliphatic hydroxyl groups is 1. The summed E-state index contributed by atoms with van der Waals surface area (Å²) >= 11 is 0. The molecule has 3 rings (SSSR count). The van der Waals surface area contributed by atoms with Gasteiger partial charge in [-0.15, -0.1) is 0 Å². The van der Waals surface area contributed by atoms with Crippen molar-refractivity contribution in [1.82, 2.24) is 4.90 Å². The molecule has 0 amide bonds. The third kappa shape index (κ3) is 3.69. The molecule has 0 aliphatic carbocycles. The largest absolute Gasteiger partial charge is 0.494 e. The molecule has 132 valence electrons. The van der Waals surface area contributed by atoms with Gasteiger partial charge in [0.1, 0.15) is 0 Å². The van der Waals surface area contributed by atoms with Gasteiger partial charge < -0.3 is 14.4 Å². The van der Waals surface area contributed by atoms with Crippen LogP contribution in [0, 0.1) is 0 Å². The highest BCUT2D eigenvalue weighted by Crippen LogP contribution is 2.36. The van der Waals surface area contributed by atoms with Crippen LogP contribution in [0.15, 0.2) is 24.3 Å². The van der Waals surface area contributed by atoms with Crippen LogP contribution < -0.4 is 5.46 Å². The minimum atomic E-state index is -0.555. The highest BCUT2D eigenvalue weighted by atomic mass is 16.7.